The molecule has 1 aromatic carbocycles. The van der Waals surface area contributed by atoms with Gasteiger partial charge in [0.15, 0.2) is 0 Å². The second-order valence-corrected chi connectivity index (χ2v) is 6.67. The maximum atomic E-state index is 12.7. The molecule has 2 heterocycles. The van der Waals surface area contributed by atoms with E-state index in [1.54, 1.807) is 35.2 Å². The molecule has 29 heavy (non-hydrogen) atoms. The van der Waals surface area contributed by atoms with E-state index in [1.807, 2.05) is 4.90 Å². The zero-order chi connectivity index (χ0) is 20.9. The number of aromatic nitrogens is 1. The van der Waals surface area contributed by atoms with Gasteiger partial charge in [-0.05, 0) is 30.7 Å². The van der Waals surface area contributed by atoms with Crippen LogP contribution in [-0.4, -0.2) is 54.4 Å². The van der Waals surface area contributed by atoms with E-state index in [9.17, 15) is 22.8 Å². The van der Waals surface area contributed by atoms with Gasteiger partial charge in [-0.1, -0.05) is 18.2 Å². The average Bonchev–Trinajstić information content (AvgIpc) is 2.98. The number of pyridine rings is 1. The van der Waals surface area contributed by atoms with Gasteiger partial charge in [0, 0.05) is 37.9 Å². The number of carbonyl (C=O) groups excluding carboxylic acids is 2. The van der Waals surface area contributed by atoms with E-state index >= 15 is 0 Å². The van der Waals surface area contributed by atoms with Crippen LogP contribution >= 0.6 is 0 Å². The summed E-state index contributed by atoms with van der Waals surface area (Å²) < 4.78 is 38.0. The minimum atomic E-state index is -4.42. The Morgan fingerprint density at radius 1 is 1.00 bits per heavy atom. The van der Waals surface area contributed by atoms with Gasteiger partial charge in [-0.3, -0.25) is 9.59 Å². The first-order valence-electron chi connectivity index (χ1n) is 9.24. The number of nitrogens with one attached hydrogen (secondary N) is 1. The molecule has 1 fully saturated rings. The summed E-state index contributed by atoms with van der Waals surface area (Å²) in [5, 5.41) is 2.62. The van der Waals surface area contributed by atoms with Crippen LogP contribution in [0.1, 0.15) is 22.3 Å². The Balaban J connectivity index is 1.52. The zero-order valence-electron chi connectivity index (χ0n) is 15.7. The Morgan fingerprint density at radius 2 is 1.76 bits per heavy atom. The average molecular weight is 406 g/mol. The van der Waals surface area contributed by atoms with E-state index in [0.717, 1.165) is 12.3 Å². The summed E-state index contributed by atoms with van der Waals surface area (Å²) in [7, 11) is 0. The van der Waals surface area contributed by atoms with Crippen molar-refractivity contribution in [3.63, 3.8) is 0 Å². The van der Waals surface area contributed by atoms with Crippen molar-refractivity contribution in [2.45, 2.75) is 12.6 Å². The highest BCUT2D eigenvalue weighted by atomic mass is 19.4. The fourth-order valence-corrected chi connectivity index (χ4v) is 3.10. The van der Waals surface area contributed by atoms with Crippen LogP contribution in [0.25, 0.3) is 0 Å². The van der Waals surface area contributed by atoms with Gasteiger partial charge in [-0.2, -0.15) is 13.2 Å². The lowest BCUT2D eigenvalue weighted by Crippen LogP contribution is -2.42. The van der Waals surface area contributed by atoms with Crippen LogP contribution in [0.15, 0.2) is 48.7 Å². The summed E-state index contributed by atoms with van der Waals surface area (Å²) >= 11 is 0. The third-order valence-corrected chi connectivity index (χ3v) is 4.68. The van der Waals surface area contributed by atoms with Gasteiger partial charge in [0.2, 0.25) is 5.91 Å². The first kappa shape index (κ1) is 20.6. The molecule has 9 heteroatoms. The number of benzene rings is 1. The second-order valence-electron chi connectivity index (χ2n) is 6.67. The van der Waals surface area contributed by atoms with Crippen LogP contribution in [0.3, 0.4) is 0 Å². The van der Waals surface area contributed by atoms with E-state index in [4.69, 9.17) is 0 Å². The topological polar surface area (TPSA) is 65.5 Å². The van der Waals surface area contributed by atoms with Crippen LogP contribution in [0.5, 0.6) is 0 Å². The predicted octanol–water partition coefficient (Wildman–Crippen LogP) is 2.57. The van der Waals surface area contributed by atoms with Crippen LogP contribution in [0.4, 0.5) is 19.0 Å². The van der Waals surface area contributed by atoms with Crippen molar-refractivity contribution in [3.8, 4) is 0 Å². The number of anilines is 1. The van der Waals surface area contributed by atoms with E-state index in [-0.39, 0.29) is 18.4 Å². The molecule has 0 bridgehead atoms. The third kappa shape index (κ3) is 5.46. The van der Waals surface area contributed by atoms with E-state index < -0.39 is 11.7 Å². The zero-order valence-corrected chi connectivity index (χ0v) is 15.7. The van der Waals surface area contributed by atoms with Gasteiger partial charge < -0.3 is 15.1 Å². The summed E-state index contributed by atoms with van der Waals surface area (Å²) in [5.41, 5.74) is -0.308. The molecule has 2 aromatic rings. The highest BCUT2D eigenvalue weighted by Crippen LogP contribution is 2.29. The highest BCUT2D eigenvalue weighted by molar-refractivity contribution is 5.96. The molecular formula is C20H21F3N4O2. The van der Waals surface area contributed by atoms with Crippen molar-refractivity contribution in [2.75, 3.05) is 37.6 Å². The Bertz CT molecular complexity index is 841. The first-order chi connectivity index (χ1) is 13.8. The molecule has 2 amide bonds. The van der Waals surface area contributed by atoms with Gasteiger partial charge in [-0.15, -0.1) is 0 Å². The first-order valence-corrected chi connectivity index (χ1v) is 9.24. The molecule has 1 aliphatic rings. The van der Waals surface area contributed by atoms with Crippen molar-refractivity contribution < 1.29 is 22.8 Å². The fraction of sp³-hybridized carbons (Fsp3) is 0.350. The van der Waals surface area contributed by atoms with Crippen molar-refractivity contribution in [2.24, 2.45) is 0 Å². The molecule has 0 aliphatic carbocycles. The second kappa shape index (κ2) is 8.93. The van der Waals surface area contributed by atoms with Gasteiger partial charge in [0.25, 0.3) is 5.91 Å². The van der Waals surface area contributed by atoms with Crippen molar-refractivity contribution in [1.82, 2.24) is 15.2 Å². The number of carbonyl (C=O) groups is 2. The number of halogens is 3. The Hall–Kier alpha value is -3.10. The molecule has 0 saturated carbocycles. The van der Waals surface area contributed by atoms with Gasteiger partial charge in [-0.25, -0.2) is 4.98 Å². The van der Waals surface area contributed by atoms with Gasteiger partial charge in [0.05, 0.1) is 12.1 Å². The number of amides is 2. The van der Waals surface area contributed by atoms with Crippen molar-refractivity contribution >= 4 is 17.6 Å². The maximum absolute atomic E-state index is 12.7. The van der Waals surface area contributed by atoms with Crippen LogP contribution in [0.2, 0.25) is 0 Å². The van der Waals surface area contributed by atoms with Crippen molar-refractivity contribution in [3.05, 3.63) is 59.8 Å². The summed E-state index contributed by atoms with van der Waals surface area (Å²) in [4.78, 5) is 31.9. The number of hydrogen-bond acceptors (Lipinski definition) is 4. The largest absolute Gasteiger partial charge is 0.417 e. The summed E-state index contributed by atoms with van der Waals surface area (Å²) in [6.07, 6.45) is -2.94. The summed E-state index contributed by atoms with van der Waals surface area (Å²) in [5.74, 6) is -0.0643. The minimum absolute atomic E-state index is 0.105. The van der Waals surface area contributed by atoms with Crippen LogP contribution < -0.4 is 10.2 Å². The minimum Gasteiger partial charge on any atom is -0.355 e. The van der Waals surface area contributed by atoms with E-state index in [0.29, 0.717) is 44.0 Å². The van der Waals surface area contributed by atoms with Gasteiger partial charge in [0.1, 0.15) is 5.82 Å². The number of rotatable bonds is 4. The maximum Gasteiger partial charge on any atom is 0.417 e. The standard InChI is InChI=1S/C20H21F3N4O2/c21-20(22,23)16-7-8-17(24-13-16)26-9-4-10-27(12-11-26)18(28)14-25-19(29)15-5-2-1-3-6-15/h1-3,5-8,13H,4,9-12,14H2,(H,25,29). The van der Waals surface area contributed by atoms with Crippen molar-refractivity contribution in [1.29, 1.82) is 0 Å². The molecule has 6 nitrogen and oxygen atoms in total. The highest BCUT2D eigenvalue weighted by Gasteiger charge is 2.31. The molecule has 1 aromatic heterocycles. The quantitative estimate of drug-likeness (QED) is 0.848. The molecular weight excluding hydrogens is 385 g/mol. The molecule has 1 N–H and O–H groups in total. The molecule has 1 aliphatic heterocycles. The SMILES string of the molecule is O=C(NCC(=O)N1CCCN(c2ccc(C(F)(F)F)cn2)CC1)c1ccccc1. The van der Waals surface area contributed by atoms with E-state index in [1.165, 1.54) is 6.07 Å². The molecule has 1 saturated heterocycles. The normalized spacial score (nSPS) is 15.0. The fourth-order valence-electron chi connectivity index (χ4n) is 3.10. The van der Waals surface area contributed by atoms with Gasteiger partial charge >= 0.3 is 6.18 Å². The number of hydrogen-bond donors (Lipinski definition) is 1. The molecule has 0 unspecified atom stereocenters. The predicted molar refractivity (Wildman–Crippen MR) is 101 cm³/mol. The Kier molecular flexibility index (Phi) is 6.36. The smallest absolute Gasteiger partial charge is 0.355 e. The van der Waals surface area contributed by atoms with E-state index in [2.05, 4.69) is 10.3 Å². The number of alkyl halides is 3. The van der Waals surface area contributed by atoms with Crippen LogP contribution in [0, 0.1) is 0 Å². The molecule has 0 spiro atoms. The number of nitrogens with zero attached hydrogens (tertiary/aromatic N) is 3. The molecule has 0 radical (unpaired) electrons. The molecule has 3 rings (SSSR count). The van der Waals surface area contributed by atoms with Crippen LogP contribution in [-0.2, 0) is 11.0 Å². The lowest BCUT2D eigenvalue weighted by atomic mass is 10.2. The summed E-state index contributed by atoms with van der Waals surface area (Å²) in [6.45, 7) is 1.85. The summed E-state index contributed by atoms with van der Waals surface area (Å²) in [6, 6.07) is 11.0. The lowest BCUT2D eigenvalue weighted by Gasteiger charge is -2.23. The third-order valence-electron chi connectivity index (χ3n) is 4.68. The lowest BCUT2D eigenvalue weighted by molar-refractivity contribution is -0.137. The molecule has 154 valence electrons. The Morgan fingerprint density at radius 3 is 2.41 bits per heavy atom. The Labute approximate surface area is 166 Å². The molecule has 0 atom stereocenters. The monoisotopic (exact) mass is 406 g/mol.